The molecule has 2 bridgehead atoms. The van der Waals surface area contributed by atoms with E-state index in [0.717, 1.165) is 64.2 Å². The molecule has 0 spiro atoms. The third-order valence-corrected chi connectivity index (χ3v) is 12.8. The minimum atomic E-state index is -0.461. The summed E-state index contributed by atoms with van der Waals surface area (Å²) < 4.78 is 17.5. The Morgan fingerprint density at radius 1 is 1.05 bits per heavy atom. The second-order valence-electron chi connectivity index (χ2n) is 14.5. The smallest absolute Gasteiger partial charge is 0.309 e. The lowest BCUT2D eigenvalue weighted by atomic mass is 9.49. The first-order chi connectivity index (χ1) is 18.6. The normalized spacial score (nSPS) is 46.9. The topological polar surface area (TPSA) is 78.9 Å². The maximum absolute atomic E-state index is 13.4. The van der Waals surface area contributed by atoms with E-state index in [1.54, 1.807) is 0 Å². The number of carbonyl (C=O) groups excluding carboxylic acids is 3. The molecule has 216 valence electrons. The maximum Gasteiger partial charge on any atom is 0.309 e. The Morgan fingerprint density at radius 3 is 2.59 bits per heavy atom. The van der Waals surface area contributed by atoms with Crippen molar-refractivity contribution >= 4 is 17.9 Å². The van der Waals surface area contributed by atoms with Crippen molar-refractivity contribution in [3.63, 3.8) is 0 Å². The number of ether oxygens (including phenoxy) is 3. The summed E-state index contributed by atoms with van der Waals surface area (Å²) in [4.78, 5) is 38.3. The van der Waals surface area contributed by atoms with Crippen molar-refractivity contribution in [1.29, 1.82) is 0 Å². The van der Waals surface area contributed by atoms with Gasteiger partial charge >= 0.3 is 17.9 Å². The number of methoxy groups -OCH3 is 1. The number of carbonyl (C=O) groups is 3. The predicted molar refractivity (Wildman–Crippen MR) is 146 cm³/mol. The summed E-state index contributed by atoms with van der Waals surface area (Å²) in [5.41, 5.74) is -0.378. The van der Waals surface area contributed by atoms with Crippen molar-refractivity contribution in [2.45, 2.75) is 110 Å². The van der Waals surface area contributed by atoms with Crippen LogP contribution in [0.1, 0.15) is 97.8 Å². The molecule has 0 radical (unpaired) electrons. The molecule has 0 aromatic rings. The van der Waals surface area contributed by atoms with Crippen LogP contribution in [0.4, 0.5) is 0 Å². The monoisotopic (exact) mass is 540 g/mol. The van der Waals surface area contributed by atoms with Gasteiger partial charge in [0.2, 0.25) is 0 Å². The van der Waals surface area contributed by atoms with Gasteiger partial charge in [0.15, 0.2) is 0 Å². The van der Waals surface area contributed by atoms with Crippen LogP contribution in [0.2, 0.25) is 0 Å². The Hall–Kier alpha value is -1.85. The van der Waals surface area contributed by atoms with E-state index in [-0.39, 0.29) is 41.3 Å². The molecule has 0 aromatic heterocycles. The van der Waals surface area contributed by atoms with Crippen LogP contribution in [0.3, 0.4) is 0 Å². The maximum atomic E-state index is 13.4. The molecule has 12 unspecified atom stereocenters. The Labute approximate surface area is 234 Å². The number of fused-ring (bicyclic) bond motifs is 7. The summed E-state index contributed by atoms with van der Waals surface area (Å²) in [5, 5.41) is 0. The summed E-state index contributed by atoms with van der Waals surface area (Å²) in [6.45, 7) is 6.83. The summed E-state index contributed by atoms with van der Waals surface area (Å²) in [5.74, 6) is 3.08. The fraction of sp³-hybridized carbons (Fsp3) is 0.848. The third-order valence-electron chi connectivity index (χ3n) is 12.8. The van der Waals surface area contributed by atoms with Crippen molar-refractivity contribution < 1.29 is 28.6 Å². The Kier molecular flexibility index (Phi) is 7.15. The second kappa shape index (κ2) is 10.2. The van der Waals surface area contributed by atoms with Gasteiger partial charge in [-0.05, 0) is 112 Å². The molecule has 39 heavy (non-hydrogen) atoms. The molecular weight excluding hydrogens is 492 g/mol. The fourth-order valence-electron chi connectivity index (χ4n) is 10.6. The van der Waals surface area contributed by atoms with Gasteiger partial charge in [0.05, 0.1) is 13.0 Å². The predicted octanol–water partition coefficient (Wildman–Crippen LogP) is 6.26. The van der Waals surface area contributed by atoms with E-state index in [0.29, 0.717) is 54.3 Å². The molecule has 1 aliphatic heterocycles. The van der Waals surface area contributed by atoms with E-state index in [1.807, 2.05) is 0 Å². The van der Waals surface area contributed by atoms with Crippen molar-refractivity contribution in [1.82, 2.24) is 0 Å². The highest BCUT2D eigenvalue weighted by Crippen LogP contribution is 2.64. The highest BCUT2D eigenvalue weighted by atomic mass is 16.6. The van der Waals surface area contributed by atoms with Crippen LogP contribution in [0.25, 0.3) is 0 Å². The largest absolute Gasteiger partial charge is 0.469 e. The molecule has 1 saturated heterocycles. The van der Waals surface area contributed by atoms with Crippen LogP contribution in [0.5, 0.6) is 0 Å². The number of esters is 3. The van der Waals surface area contributed by atoms with E-state index >= 15 is 0 Å². The van der Waals surface area contributed by atoms with Gasteiger partial charge in [-0.2, -0.15) is 0 Å². The first-order valence-electron chi connectivity index (χ1n) is 15.8. The van der Waals surface area contributed by atoms with Gasteiger partial charge in [-0.15, -0.1) is 0 Å². The van der Waals surface area contributed by atoms with E-state index in [2.05, 4.69) is 32.9 Å². The molecule has 0 aromatic carbocycles. The highest BCUT2D eigenvalue weighted by molar-refractivity contribution is 5.74. The summed E-state index contributed by atoms with van der Waals surface area (Å²) in [6, 6.07) is 0. The number of allylic oxidation sites excluding steroid dienone is 2. The third kappa shape index (κ3) is 4.66. The summed E-state index contributed by atoms with van der Waals surface area (Å²) >= 11 is 0. The Morgan fingerprint density at radius 2 is 1.87 bits per heavy atom. The zero-order valence-corrected chi connectivity index (χ0v) is 24.4. The van der Waals surface area contributed by atoms with Gasteiger partial charge in [-0.25, -0.2) is 0 Å². The first-order valence-corrected chi connectivity index (χ1v) is 15.8. The number of rotatable bonds is 6. The molecule has 12 atom stereocenters. The molecule has 0 amide bonds. The van der Waals surface area contributed by atoms with Crippen molar-refractivity contribution in [2.75, 3.05) is 7.11 Å². The van der Waals surface area contributed by atoms with Crippen LogP contribution in [-0.4, -0.2) is 36.7 Å². The van der Waals surface area contributed by atoms with E-state index in [1.165, 1.54) is 7.11 Å². The Balaban J connectivity index is 1.14. The SMILES string of the molecule is COC(=O)CCC(C)C1CCC2C3CCC4CC(OC(=O)C5CC6C=CC5C6)CCC4(C)C3CC(=O)OC12C. The molecular formula is C33H48O6. The highest BCUT2D eigenvalue weighted by Gasteiger charge is 2.62. The van der Waals surface area contributed by atoms with Gasteiger partial charge in [0, 0.05) is 24.7 Å². The van der Waals surface area contributed by atoms with Gasteiger partial charge in [0.25, 0.3) is 0 Å². The molecule has 0 N–H and O–H groups in total. The quantitative estimate of drug-likeness (QED) is 0.225. The van der Waals surface area contributed by atoms with E-state index < -0.39 is 5.60 Å². The van der Waals surface area contributed by atoms with Gasteiger partial charge in [0.1, 0.15) is 11.7 Å². The summed E-state index contributed by atoms with van der Waals surface area (Å²) in [6.07, 6.45) is 15.6. The first kappa shape index (κ1) is 27.3. The molecule has 6 heteroatoms. The second-order valence-corrected chi connectivity index (χ2v) is 14.5. The molecule has 1 heterocycles. The van der Waals surface area contributed by atoms with Crippen LogP contribution in [-0.2, 0) is 28.6 Å². The van der Waals surface area contributed by atoms with Crippen molar-refractivity contribution in [3.05, 3.63) is 12.2 Å². The number of hydrogen-bond donors (Lipinski definition) is 0. The van der Waals surface area contributed by atoms with Gasteiger partial charge in [-0.1, -0.05) is 26.0 Å². The average Bonchev–Trinajstić information content (AvgIpc) is 3.61. The van der Waals surface area contributed by atoms with Crippen LogP contribution in [0, 0.1) is 58.7 Å². The molecule has 6 rings (SSSR count). The molecule has 6 nitrogen and oxygen atoms in total. The van der Waals surface area contributed by atoms with Crippen LogP contribution < -0.4 is 0 Å². The van der Waals surface area contributed by atoms with Crippen molar-refractivity contribution in [2.24, 2.45) is 58.7 Å². The summed E-state index contributed by atoms with van der Waals surface area (Å²) in [7, 11) is 1.44. The minimum Gasteiger partial charge on any atom is -0.469 e. The lowest BCUT2D eigenvalue weighted by molar-refractivity contribution is -0.167. The Bertz CT molecular complexity index is 1020. The lowest BCUT2D eigenvalue weighted by Gasteiger charge is -2.56. The molecule has 6 aliphatic rings. The number of hydrogen-bond acceptors (Lipinski definition) is 6. The molecule has 4 saturated carbocycles. The molecule has 5 aliphatic carbocycles. The van der Waals surface area contributed by atoms with Crippen molar-refractivity contribution in [3.8, 4) is 0 Å². The molecule has 5 fully saturated rings. The van der Waals surface area contributed by atoms with Crippen LogP contribution >= 0.6 is 0 Å². The zero-order valence-electron chi connectivity index (χ0n) is 24.4. The zero-order chi connectivity index (χ0) is 27.5. The lowest BCUT2D eigenvalue weighted by Crippen LogP contribution is -2.52. The fourth-order valence-corrected chi connectivity index (χ4v) is 10.6. The van der Waals surface area contributed by atoms with Gasteiger partial charge < -0.3 is 14.2 Å². The standard InChI is InChI=1S/C33H48O6/c1-19(5-12-29(34)37-4)26-10-11-27-24-9-8-22-17-23(38-31(36)25-16-20-6-7-21(25)15-20)13-14-32(22,2)28(24)18-30(35)39-33(26,27)3/h6-7,19-28H,5,8-18H2,1-4H3. The van der Waals surface area contributed by atoms with E-state index in [9.17, 15) is 14.4 Å². The minimum absolute atomic E-state index is 0.0183. The van der Waals surface area contributed by atoms with E-state index in [4.69, 9.17) is 14.2 Å². The van der Waals surface area contributed by atoms with Crippen LogP contribution in [0.15, 0.2) is 12.2 Å². The van der Waals surface area contributed by atoms with Gasteiger partial charge in [-0.3, -0.25) is 14.4 Å². The average molecular weight is 541 g/mol.